The van der Waals surface area contributed by atoms with E-state index in [0.717, 1.165) is 17.4 Å². The van der Waals surface area contributed by atoms with E-state index in [1.807, 2.05) is 36.4 Å². The molecule has 0 heterocycles. The number of ether oxygens (including phenoxy) is 2. The van der Waals surface area contributed by atoms with Crippen molar-refractivity contribution in [2.75, 3.05) is 14.2 Å². The molecule has 0 unspecified atom stereocenters. The lowest BCUT2D eigenvalue weighted by Crippen LogP contribution is -1.97. The predicted octanol–water partition coefficient (Wildman–Crippen LogP) is 3.18. The Morgan fingerprint density at radius 3 is 2.11 bits per heavy atom. The average Bonchev–Trinajstić information content (AvgIpc) is 2.46. The van der Waals surface area contributed by atoms with Crippen molar-refractivity contribution in [2.45, 2.75) is 0 Å². The molecule has 2 rings (SSSR count). The Labute approximate surface area is 106 Å². The number of aldehydes is 1. The lowest BCUT2D eigenvalue weighted by molar-refractivity contribution is 0.112. The molecule has 0 bridgehead atoms. The molecule has 0 spiro atoms. The van der Waals surface area contributed by atoms with Crippen LogP contribution in [0.5, 0.6) is 11.5 Å². The van der Waals surface area contributed by atoms with Crippen LogP contribution >= 0.6 is 0 Å². The largest absolute Gasteiger partial charge is 0.492 e. The van der Waals surface area contributed by atoms with Crippen molar-refractivity contribution in [1.82, 2.24) is 0 Å². The summed E-state index contributed by atoms with van der Waals surface area (Å²) in [5, 5.41) is 0. The van der Waals surface area contributed by atoms with Crippen LogP contribution in [-0.2, 0) is 0 Å². The summed E-state index contributed by atoms with van der Waals surface area (Å²) >= 11 is 0. The average molecular weight is 242 g/mol. The Morgan fingerprint density at radius 2 is 1.56 bits per heavy atom. The maximum atomic E-state index is 11.0. The Hall–Kier alpha value is -2.29. The molecule has 0 aromatic heterocycles. The van der Waals surface area contributed by atoms with Crippen LogP contribution in [0.25, 0.3) is 11.1 Å². The molecular weight excluding hydrogens is 228 g/mol. The van der Waals surface area contributed by atoms with Crippen molar-refractivity contribution in [3.05, 3.63) is 48.0 Å². The molecule has 0 atom stereocenters. The number of hydrogen-bond donors (Lipinski definition) is 0. The van der Waals surface area contributed by atoms with Gasteiger partial charge in [-0.3, -0.25) is 4.79 Å². The SMILES string of the molecule is COc1c(C=O)ccc(-c2ccccc2)c1OC. The van der Waals surface area contributed by atoms with Gasteiger partial charge in [-0.2, -0.15) is 0 Å². The van der Waals surface area contributed by atoms with Crippen LogP contribution in [0, 0.1) is 0 Å². The topological polar surface area (TPSA) is 35.5 Å². The molecular formula is C15H14O3. The lowest BCUT2D eigenvalue weighted by atomic mass is 10.0. The van der Waals surface area contributed by atoms with Crippen molar-refractivity contribution in [1.29, 1.82) is 0 Å². The fraction of sp³-hybridized carbons (Fsp3) is 0.133. The van der Waals surface area contributed by atoms with E-state index in [9.17, 15) is 4.79 Å². The molecule has 3 heteroatoms. The highest BCUT2D eigenvalue weighted by molar-refractivity contribution is 5.86. The molecule has 92 valence electrons. The van der Waals surface area contributed by atoms with Crippen LogP contribution in [0.4, 0.5) is 0 Å². The van der Waals surface area contributed by atoms with Gasteiger partial charge in [0.1, 0.15) is 0 Å². The molecule has 3 nitrogen and oxygen atoms in total. The maximum absolute atomic E-state index is 11.0. The van der Waals surface area contributed by atoms with Crippen molar-refractivity contribution in [3.63, 3.8) is 0 Å². The first-order chi connectivity index (χ1) is 8.81. The van der Waals surface area contributed by atoms with Crippen molar-refractivity contribution in [3.8, 4) is 22.6 Å². The Bertz CT molecular complexity index is 547. The van der Waals surface area contributed by atoms with E-state index in [0.29, 0.717) is 17.1 Å². The number of methoxy groups -OCH3 is 2. The first-order valence-corrected chi connectivity index (χ1v) is 5.57. The van der Waals surface area contributed by atoms with E-state index in [4.69, 9.17) is 9.47 Å². The van der Waals surface area contributed by atoms with Gasteiger partial charge < -0.3 is 9.47 Å². The van der Waals surface area contributed by atoms with Gasteiger partial charge in [-0.15, -0.1) is 0 Å². The first kappa shape index (κ1) is 12.2. The van der Waals surface area contributed by atoms with Crippen LogP contribution in [0.1, 0.15) is 10.4 Å². The number of rotatable bonds is 4. The van der Waals surface area contributed by atoms with Gasteiger partial charge in [-0.25, -0.2) is 0 Å². The number of benzene rings is 2. The zero-order chi connectivity index (χ0) is 13.0. The fourth-order valence-electron chi connectivity index (χ4n) is 1.93. The summed E-state index contributed by atoms with van der Waals surface area (Å²) in [7, 11) is 3.10. The quantitative estimate of drug-likeness (QED) is 0.772. The van der Waals surface area contributed by atoms with Gasteiger partial charge in [0, 0.05) is 5.56 Å². The van der Waals surface area contributed by atoms with Crippen molar-refractivity contribution in [2.24, 2.45) is 0 Å². The first-order valence-electron chi connectivity index (χ1n) is 5.57. The number of carbonyl (C=O) groups is 1. The van der Waals surface area contributed by atoms with E-state index in [1.54, 1.807) is 13.2 Å². The molecule has 0 N–H and O–H groups in total. The number of hydrogen-bond acceptors (Lipinski definition) is 3. The number of carbonyl (C=O) groups excluding carboxylic acids is 1. The minimum absolute atomic E-state index is 0.467. The molecule has 2 aromatic rings. The minimum Gasteiger partial charge on any atom is -0.492 e. The van der Waals surface area contributed by atoms with Gasteiger partial charge in [-0.05, 0) is 17.7 Å². The van der Waals surface area contributed by atoms with Gasteiger partial charge >= 0.3 is 0 Å². The summed E-state index contributed by atoms with van der Waals surface area (Å²) in [5.41, 5.74) is 2.40. The van der Waals surface area contributed by atoms with E-state index in [-0.39, 0.29) is 0 Å². The summed E-state index contributed by atoms with van der Waals surface area (Å²) in [6.07, 6.45) is 0.760. The third kappa shape index (κ3) is 2.07. The van der Waals surface area contributed by atoms with Gasteiger partial charge in [0.25, 0.3) is 0 Å². The monoisotopic (exact) mass is 242 g/mol. The molecule has 0 aliphatic heterocycles. The predicted molar refractivity (Wildman–Crippen MR) is 70.4 cm³/mol. The van der Waals surface area contributed by atoms with Crippen molar-refractivity contribution < 1.29 is 14.3 Å². The van der Waals surface area contributed by atoms with Gasteiger partial charge in [0.15, 0.2) is 17.8 Å². The van der Waals surface area contributed by atoms with Gasteiger partial charge in [0.2, 0.25) is 0 Å². The molecule has 0 radical (unpaired) electrons. The Balaban J connectivity index is 2.66. The highest BCUT2D eigenvalue weighted by atomic mass is 16.5. The van der Waals surface area contributed by atoms with Crippen LogP contribution in [0.2, 0.25) is 0 Å². The molecule has 0 aliphatic rings. The molecule has 2 aromatic carbocycles. The minimum atomic E-state index is 0.467. The van der Waals surface area contributed by atoms with E-state index < -0.39 is 0 Å². The van der Waals surface area contributed by atoms with Crippen LogP contribution in [0.3, 0.4) is 0 Å². The van der Waals surface area contributed by atoms with E-state index >= 15 is 0 Å². The summed E-state index contributed by atoms with van der Waals surface area (Å²) in [6.45, 7) is 0. The molecule has 0 saturated carbocycles. The third-order valence-corrected chi connectivity index (χ3v) is 2.76. The zero-order valence-electron chi connectivity index (χ0n) is 10.3. The standard InChI is InChI=1S/C15H14O3/c1-17-14-12(10-16)8-9-13(15(14)18-2)11-6-4-3-5-7-11/h3-10H,1-2H3. The second-order valence-corrected chi connectivity index (χ2v) is 3.75. The maximum Gasteiger partial charge on any atom is 0.171 e. The fourth-order valence-corrected chi connectivity index (χ4v) is 1.93. The van der Waals surface area contributed by atoms with E-state index in [1.165, 1.54) is 7.11 Å². The van der Waals surface area contributed by atoms with Crippen LogP contribution in [-0.4, -0.2) is 20.5 Å². The zero-order valence-corrected chi connectivity index (χ0v) is 10.3. The van der Waals surface area contributed by atoms with Gasteiger partial charge in [-0.1, -0.05) is 30.3 Å². The second kappa shape index (κ2) is 5.36. The van der Waals surface area contributed by atoms with Crippen molar-refractivity contribution >= 4 is 6.29 Å². The third-order valence-electron chi connectivity index (χ3n) is 2.76. The highest BCUT2D eigenvalue weighted by Crippen LogP contribution is 2.39. The second-order valence-electron chi connectivity index (χ2n) is 3.75. The molecule has 0 aliphatic carbocycles. The van der Waals surface area contributed by atoms with Crippen LogP contribution in [0.15, 0.2) is 42.5 Å². The molecule has 18 heavy (non-hydrogen) atoms. The Morgan fingerprint density at radius 1 is 0.889 bits per heavy atom. The summed E-state index contributed by atoms with van der Waals surface area (Å²) in [5.74, 6) is 1.04. The Kier molecular flexibility index (Phi) is 3.63. The smallest absolute Gasteiger partial charge is 0.171 e. The lowest BCUT2D eigenvalue weighted by Gasteiger charge is -2.14. The summed E-state index contributed by atoms with van der Waals surface area (Å²) in [6, 6.07) is 13.4. The molecule has 0 fully saturated rings. The van der Waals surface area contributed by atoms with Crippen LogP contribution < -0.4 is 9.47 Å². The summed E-state index contributed by atoms with van der Waals surface area (Å²) < 4.78 is 10.6. The van der Waals surface area contributed by atoms with Gasteiger partial charge in [0.05, 0.1) is 19.8 Å². The summed E-state index contributed by atoms with van der Waals surface area (Å²) in [4.78, 5) is 11.0. The molecule has 0 amide bonds. The van der Waals surface area contributed by atoms with E-state index in [2.05, 4.69) is 0 Å². The normalized spacial score (nSPS) is 9.89. The highest BCUT2D eigenvalue weighted by Gasteiger charge is 2.15. The molecule has 0 saturated heterocycles.